The first-order valence-corrected chi connectivity index (χ1v) is 21.4. The van der Waals surface area contributed by atoms with Gasteiger partial charge in [-0.2, -0.15) is 4.98 Å². The molecule has 2 rings (SSSR count). The van der Waals surface area contributed by atoms with E-state index in [1.807, 2.05) is 0 Å². The first-order chi connectivity index (χ1) is 24.7. The number of carbonyl (C=O) groups excluding carboxylic acids is 1. The van der Waals surface area contributed by atoms with Crippen molar-refractivity contribution < 1.29 is 33.4 Å². The molecular formula is C34H55N6O8PS2. The highest BCUT2D eigenvalue weighted by atomic mass is 33.1. The van der Waals surface area contributed by atoms with Crippen molar-refractivity contribution in [1.29, 1.82) is 0 Å². The number of aromatic nitrogens is 3. The molecule has 1 aromatic heterocycles. The number of hydrogen-bond donors (Lipinski definition) is 5. The van der Waals surface area contributed by atoms with Gasteiger partial charge >= 0.3 is 13.4 Å². The number of nitrogens with two attached hydrogens (primary N) is 1. The van der Waals surface area contributed by atoms with Crippen LogP contribution in [0.3, 0.4) is 0 Å². The Balaban J connectivity index is 1.50. The molecule has 0 aromatic carbocycles. The van der Waals surface area contributed by atoms with Crippen LogP contribution in [0.5, 0.6) is 0 Å². The molecule has 1 aliphatic rings. The summed E-state index contributed by atoms with van der Waals surface area (Å²) in [6, 6.07) is 0. The van der Waals surface area contributed by atoms with Crippen molar-refractivity contribution in [1.82, 2.24) is 24.9 Å². The summed E-state index contributed by atoms with van der Waals surface area (Å²) in [6.07, 6.45) is 24.4. The fourth-order valence-corrected chi connectivity index (χ4v) is 7.80. The van der Waals surface area contributed by atoms with Gasteiger partial charge < -0.3 is 26.0 Å². The second-order valence-electron chi connectivity index (χ2n) is 11.2. The number of rotatable bonds is 27. The summed E-state index contributed by atoms with van der Waals surface area (Å²) >= 11 is 0. The average molecular weight is 771 g/mol. The molecule has 1 aliphatic heterocycles. The first kappa shape index (κ1) is 44.6. The van der Waals surface area contributed by atoms with Crippen LogP contribution in [-0.4, -0.2) is 86.8 Å². The molecule has 6 N–H and O–H groups in total. The number of nitrogens with zero attached hydrogens (tertiary/aromatic N) is 3. The van der Waals surface area contributed by atoms with Crippen LogP contribution in [-0.2, 0) is 23.1 Å². The number of aliphatic hydroxyl groups is 2. The summed E-state index contributed by atoms with van der Waals surface area (Å²) in [5.74, 6) is 1.09. The molecule has 1 amide bonds. The molecule has 0 saturated carbocycles. The second kappa shape index (κ2) is 27.1. The number of anilines is 1. The molecule has 1 aromatic rings. The molecule has 2 heterocycles. The summed E-state index contributed by atoms with van der Waals surface area (Å²) in [5, 5.41) is 26.5. The fraction of sp³-hybridized carbons (Fsp3) is 0.588. The Morgan fingerprint density at radius 3 is 2.18 bits per heavy atom. The molecule has 286 valence electrons. The zero-order chi connectivity index (χ0) is 37.2. The number of nitrogens with one attached hydrogen (secondary N) is 2. The molecule has 51 heavy (non-hydrogen) atoms. The second-order valence-corrected chi connectivity index (χ2v) is 15.7. The van der Waals surface area contributed by atoms with E-state index in [-0.39, 0.29) is 25.1 Å². The van der Waals surface area contributed by atoms with Crippen LogP contribution >= 0.6 is 29.3 Å². The quantitative estimate of drug-likeness (QED) is 0.0346. The van der Waals surface area contributed by atoms with Gasteiger partial charge in [-0.25, -0.2) is 19.4 Å². The van der Waals surface area contributed by atoms with Crippen LogP contribution in [0.1, 0.15) is 71.4 Å². The lowest BCUT2D eigenvalue weighted by Gasteiger charge is -2.21. The van der Waals surface area contributed by atoms with Crippen molar-refractivity contribution in [2.45, 2.75) is 89.8 Å². The molecule has 1 fully saturated rings. The van der Waals surface area contributed by atoms with Gasteiger partial charge in [0.2, 0.25) is 11.9 Å². The van der Waals surface area contributed by atoms with Gasteiger partial charge in [0.1, 0.15) is 24.6 Å². The molecular weight excluding hydrogens is 716 g/mol. The molecule has 14 nitrogen and oxygen atoms in total. The van der Waals surface area contributed by atoms with E-state index in [0.29, 0.717) is 31.0 Å². The van der Waals surface area contributed by atoms with Gasteiger partial charge in [-0.05, 0) is 51.9 Å². The number of carbonyl (C=O) groups is 1. The summed E-state index contributed by atoms with van der Waals surface area (Å²) < 4.78 is 30.5. The van der Waals surface area contributed by atoms with Gasteiger partial charge in [0.05, 0.1) is 13.2 Å². The number of nitrogen functional groups attached to an aromatic ring is 1. The third-order valence-electron chi connectivity index (χ3n) is 7.08. The predicted molar refractivity (Wildman–Crippen MR) is 206 cm³/mol. The lowest BCUT2D eigenvalue weighted by Crippen LogP contribution is -2.36. The van der Waals surface area contributed by atoms with E-state index in [2.05, 4.69) is 88.1 Å². The van der Waals surface area contributed by atoms with Crippen molar-refractivity contribution in [3.05, 3.63) is 77.6 Å². The van der Waals surface area contributed by atoms with E-state index < -0.39 is 38.0 Å². The van der Waals surface area contributed by atoms with E-state index in [1.54, 1.807) is 28.5 Å². The van der Waals surface area contributed by atoms with Crippen LogP contribution in [0.25, 0.3) is 0 Å². The lowest BCUT2D eigenvalue weighted by atomic mass is 10.1. The summed E-state index contributed by atoms with van der Waals surface area (Å²) in [5.41, 5.74) is 4.59. The van der Waals surface area contributed by atoms with E-state index in [0.717, 1.165) is 55.8 Å². The van der Waals surface area contributed by atoms with Crippen molar-refractivity contribution >= 4 is 41.2 Å². The molecule has 17 heteroatoms. The Hall–Kier alpha value is -2.53. The highest BCUT2D eigenvalue weighted by molar-refractivity contribution is 8.76. The van der Waals surface area contributed by atoms with Crippen LogP contribution in [0.2, 0.25) is 0 Å². The minimum Gasteiger partial charge on any atom is -0.387 e. The predicted octanol–water partition coefficient (Wildman–Crippen LogP) is 5.01. The zero-order valence-corrected chi connectivity index (χ0v) is 32.1. The average Bonchev–Trinajstić information content (AvgIpc) is 3.38. The van der Waals surface area contributed by atoms with E-state index in [4.69, 9.17) is 19.5 Å². The minimum atomic E-state index is -3.76. The van der Waals surface area contributed by atoms with Crippen molar-refractivity contribution in [2.75, 3.05) is 43.5 Å². The van der Waals surface area contributed by atoms with Gasteiger partial charge in [-0.1, -0.05) is 89.3 Å². The molecule has 5 unspecified atom stereocenters. The third kappa shape index (κ3) is 19.2. The Bertz CT molecular complexity index is 1390. The SMILES string of the molecule is CCC=CCC=CCC=CCC=CCC=CCCCC(=O)NCCSSCCNP(=O)(OCC)OCC1OC(n2cnc(N)nc2=O)C(O)C1O. The van der Waals surface area contributed by atoms with E-state index in [9.17, 15) is 24.4 Å². The zero-order valence-electron chi connectivity index (χ0n) is 29.6. The van der Waals surface area contributed by atoms with Gasteiger partial charge in [-0.3, -0.25) is 18.4 Å². The molecule has 0 bridgehead atoms. The Morgan fingerprint density at radius 2 is 1.57 bits per heavy atom. The Labute approximate surface area is 309 Å². The number of aliphatic hydroxyl groups excluding tert-OH is 2. The standard InChI is InChI=1S/C34H55N6O8PS2/c1-3-5-6-7-8-9-10-11-12-13-14-15-16-17-18-19-20-21-29(41)36-22-24-50-51-25-23-38-49(45,46-4-2)47-26-28-30(42)31(43)32(48-28)40-27-37-33(35)39-34(40)44/h5-6,8-9,11-12,14-15,17-18,27-28,30-32,42-43H,3-4,7,10,13,16,19-26H2,1-2H3,(H,36,41)(H,38,45)(H2,35,39,44). The highest BCUT2D eigenvalue weighted by Crippen LogP contribution is 2.44. The maximum Gasteiger partial charge on any atom is 0.405 e. The maximum absolute atomic E-state index is 13.2. The monoisotopic (exact) mass is 770 g/mol. The van der Waals surface area contributed by atoms with Gasteiger partial charge in [0.25, 0.3) is 0 Å². The van der Waals surface area contributed by atoms with Crippen molar-refractivity contribution in [3.63, 3.8) is 0 Å². The van der Waals surface area contributed by atoms with E-state index >= 15 is 0 Å². The number of allylic oxidation sites excluding steroid dienone is 10. The topological polar surface area (TPSA) is 200 Å². The van der Waals surface area contributed by atoms with Crippen LogP contribution in [0.15, 0.2) is 71.9 Å². The largest absolute Gasteiger partial charge is 0.405 e. The van der Waals surface area contributed by atoms with Crippen molar-refractivity contribution in [3.8, 4) is 0 Å². The van der Waals surface area contributed by atoms with E-state index in [1.165, 1.54) is 0 Å². The normalized spacial score (nSPS) is 20.9. The molecule has 1 saturated heterocycles. The summed E-state index contributed by atoms with van der Waals surface area (Å²) in [6.45, 7) is 4.37. The van der Waals surface area contributed by atoms with Gasteiger partial charge in [0.15, 0.2) is 6.23 Å². The molecule has 0 spiro atoms. The molecule has 0 aliphatic carbocycles. The maximum atomic E-state index is 13.2. The summed E-state index contributed by atoms with van der Waals surface area (Å²) in [4.78, 5) is 31.4. The smallest absolute Gasteiger partial charge is 0.387 e. The lowest BCUT2D eigenvalue weighted by molar-refractivity contribution is -0.121. The highest BCUT2D eigenvalue weighted by Gasteiger charge is 2.45. The Kier molecular flexibility index (Phi) is 23.7. The van der Waals surface area contributed by atoms with Crippen LogP contribution in [0, 0.1) is 0 Å². The molecule has 5 atom stereocenters. The van der Waals surface area contributed by atoms with Gasteiger partial charge in [0, 0.05) is 31.0 Å². The number of unbranched alkanes of at least 4 members (excludes halogenated alkanes) is 1. The number of hydrogen-bond acceptors (Lipinski definition) is 13. The fourth-order valence-electron chi connectivity index (χ4n) is 4.51. The number of ether oxygens (including phenoxy) is 1. The van der Waals surface area contributed by atoms with Crippen LogP contribution in [0.4, 0.5) is 5.95 Å². The minimum absolute atomic E-state index is 0.0356. The van der Waals surface area contributed by atoms with Crippen molar-refractivity contribution in [2.24, 2.45) is 0 Å². The first-order valence-electron chi connectivity index (χ1n) is 17.3. The summed E-state index contributed by atoms with van der Waals surface area (Å²) in [7, 11) is -0.633. The number of amides is 1. The van der Waals surface area contributed by atoms with Gasteiger partial charge in [-0.15, -0.1) is 0 Å². The Morgan fingerprint density at radius 1 is 0.961 bits per heavy atom. The third-order valence-corrected chi connectivity index (χ3v) is 11.2. The molecule has 0 radical (unpaired) electrons. The van der Waals surface area contributed by atoms with Crippen LogP contribution < -0.4 is 21.8 Å².